The third kappa shape index (κ3) is 4.68. The van der Waals surface area contributed by atoms with E-state index in [0.717, 1.165) is 11.8 Å². The number of hydrogen-bond acceptors (Lipinski definition) is 0. The first kappa shape index (κ1) is 12.5. The Bertz CT molecular complexity index is 241. The molecule has 0 radical (unpaired) electrons. The van der Waals surface area contributed by atoms with Gasteiger partial charge in [-0.2, -0.15) is 0 Å². The van der Waals surface area contributed by atoms with Crippen LogP contribution in [0.3, 0.4) is 0 Å². The first-order chi connectivity index (χ1) is 7.09. The summed E-state index contributed by atoms with van der Waals surface area (Å²) < 4.78 is 0. The van der Waals surface area contributed by atoms with E-state index in [1.165, 1.54) is 37.7 Å². The van der Waals surface area contributed by atoms with Gasteiger partial charge in [-0.3, -0.25) is 0 Å². The monoisotopic (exact) mass is 206 g/mol. The van der Waals surface area contributed by atoms with E-state index in [0.29, 0.717) is 0 Å². The lowest BCUT2D eigenvalue weighted by atomic mass is 9.80. The second kappa shape index (κ2) is 6.15. The van der Waals surface area contributed by atoms with Crippen LogP contribution in [0.5, 0.6) is 0 Å². The summed E-state index contributed by atoms with van der Waals surface area (Å²) in [6.45, 7) is 9.08. The molecule has 1 unspecified atom stereocenters. The van der Waals surface area contributed by atoms with Crippen LogP contribution in [0, 0.1) is 11.8 Å². The van der Waals surface area contributed by atoms with Crippen molar-refractivity contribution in [3.05, 3.63) is 23.3 Å². The second-order valence-electron chi connectivity index (χ2n) is 5.42. The van der Waals surface area contributed by atoms with Crippen LogP contribution in [0.15, 0.2) is 23.3 Å². The van der Waals surface area contributed by atoms with Crippen LogP contribution < -0.4 is 0 Å². The molecule has 0 saturated heterocycles. The van der Waals surface area contributed by atoms with Gasteiger partial charge in [0, 0.05) is 0 Å². The van der Waals surface area contributed by atoms with Crippen LogP contribution in [0.4, 0.5) is 0 Å². The quantitative estimate of drug-likeness (QED) is 0.560. The van der Waals surface area contributed by atoms with Gasteiger partial charge in [0.25, 0.3) is 0 Å². The molecule has 0 fully saturated rings. The predicted molar refractivity (Wildman–Crippen MR) is 68.9 cm³/mol. The average Bonchev–Trinajstić information content (AvgIpc) is 2.18. The van der Waals surface area contributed by atoms with Gasteiger partial charge in [-0.15, -0.1) is 0 Å². The Morgan fingerprint density at radius 2 is 2.27 bits per heavy atom. The Balaban J connectivity index is 2.29. The summed E-state index contributed by atoms with van der Waals surface area (Å²) in [6, 6.07) is 0. The van der Waals surface area contributed by atoms with Crippen molar-refractivity contribution >= 4 is 0 Å². The van der Waals surface area contributed by atoms with Gasteiger partial charge in [-0.25, -0.2) is 0 Å². The van der Waals surface area contributed by atoms with Crippen LogP contribution in [-0.2, 0) is 0 Å². The van der Waals surface area contributed by atoms with Crippen LogP contribution in [-0.4, -0.2) is 0 Å². The SMILES string of the molecule is CC(C)=CCC[C@@H](C)C1CC=C(C)CC1. The van der Waals surface area contributed by atoms with Gasteiger partial charge in [0.2, 0.25) is 0 Å². The molecule has 0 amide bonds. The van der Waals surface area contributed by atoms with E-state index in [1.54, 1.807) is 5.57 Å². The summed E-state index contributed by atoms with van der Waals surface area (Å²) in [6.07, 6.45) is 11.5. The van der Waals surface area contributed by atoms with E-state index < -0.39 is 0 Å². The summed E-state index contributed by atoms with van der Waals surface area (Å²) in [4.78, 5) is 0. The van der Waals surface area contributed by atoms with Crippen molar-refractivity contribution in [2.24, 2.45) is 11.8 Å². The molecule has 0 heterocycles. The van der Waals surface area contributed by atoms with Crippen LogP contribution in [0.2, 0.25) is 0 Å². The van der Waals surface area contributed by atoms with Crippen molar-refractivity contribution in [1.82, 2.24) is 0 Å². The number of allylic oxidation sites excluding steroid dienone is 4. The summed E-state index contributed by atoms with van der Waals surface area (Å²) in [5.41, 5.74) is 3.06. The Morgan fingerprint density at radius 1 is 1.53 bits per heavy atom. The van der Waals surface area contributed by atoms with Crippen molar-refractivity contribution in [2.45, 2.75) is 59.8 Å². The van der Waals surface area contributed by atoms with Gasteiger partial charge >= 0.3 is 0 Å². The highest BCUT2D eigenvalue weighted by atomic mass is 14.2. The normalized spacial score (nSPS) is 23.2. The molecular weight excluding hydrogens is 180 g/mol. The summed E-state index contributed by atoms with van der Waals surface area (Å²) in [5.74, 6) is 1.84. The molecule has 15 heavy (non-hydrogen) atoms. The van der Waals surface area contributed by atoms with Gasteiger partial charge in [-0.05, 0) is 64.7 Å². The van der Waals surface area contributed by atoms with Gasteiger partial charge in [-0.1, -0.05) is 30.2 Å². The molecule has 2 atom stereocenters. The zero-order valence-corrected chi connectivity index (χ0v) is 10.8. The Hall–Kier alpha value is -0.520. The molecule has 0 aromatic carbocycles. The molecule has 0 nitrogen and oxygen atoms in total. The smallest absolute Gasteiger partial charge is 0.0317 e. The van der Waals surface area contributed by atoms with E-state index >= 15 is 0 Å². The fraction of sp³-hybridized carbons (Fsp3) is 0.733. The molecule has 0 bridgehead atoms. The van der Waals surface area contributed by atoms with Crippen molar-refractivity contribution in [1.29, 1.82) is 0 Å². The van der Waals surface area contributed by atoms with Crippen molar-refractivity contribution in [3.63, 3.8) is 0 Å². The fourth-order valence-corrected chi connectivity index (χ4v) is 2.37. The highest BCUT2D eigenvalue weighted by Crippen LogP contribution is 2.31. The van der Waals surface area contributed by atoms with E-state index in [2.05, 4.69) is 39.8 Å². The zero-order valence-electron chi connectivity index (χ0n) is 10.8. The highest BCUT2D eigenvalue weighted by molar-refractivity contribution is 5.03. The van der Waals surface area contributed by atoms with Crippen LogP contribution in [0.1, 0.15) is 59.8 Å². The Morgan fingerprint density at radius 3 is 2.80 bits per heavy atom. The number of rotatable bonds is 4. The molecule has 0 aromatic heterocycles. The van der Waals surface area contributed by atoms with Gasteiger partial charge in [0.15, 0.2) is 0 Å². The third-order valence-corrected chi connectivity index (χ3v) is 3.66. The maximum atomic E-state index is 2.45. The maximum absolute atomic E-state index is 2.45. The van der Waals surface area contributed by atoms with E-state index in [9.17, 15) is 0 Å². The molecule has 0 heteroatoms. The molecule has 1 rings (SSSR count). The lowest BCUT2D eigenvalue weighted by molar-refractivity contribution is 0.312. The highest BCUT2D eigenvalue weighted by Gasteiger charge is 2.18. The number of hydrogen-bond donors (Lipinski definition) is 0. The fourth-order valence-electron chi connectivity index (χ4n) is 2.37. The maximum Gasteiger partial charge on any atom is -0.0317 e. The molecule has 0 saturated carbocycles. The third-order valence-electron chi connectivity index (χ3n) is 3.66. The molecule has 0 spiro atoms. The standard InChI is InChI=1S/C15H26/c1-12(2)6-5-7-14(4)15-10-8-13(3)9-11-15/h6,8,14-15H,5,7,9-11H2,1-4H3/t14-,15?/m1/s1. The average molecular weight is 206 g/mol. The Labute approximate surface area is 95.5 Å². The lowest BCUT2D eigenvalue weighted by Crippen LogP contribution is -2.14. The summed E-state index contributed by atoms with van der Waals surface area (Å²) >= 11 is 0. The van der Waals surface area contributed by atoms with Crippen molar-refractivity contribution in [3.8, 4) is 0 Å². The minimum absolute atomic E-state index is 0.893. The second-order valence-corrected chi connectivity index (χ2v) is 5.42. The topological polar surface area (TPSA) is 0 Å². The van der Waals surface area contributed by atoms with E-state index in [1.807, 2.05) is 0 Å². The van der Waals surface area contributed by atoms with E-state index in [4.69, 9.17) is 0 Å². The van der Waals surface area contributed by atoms with E-state index in [-0.39, 0.29) is 0 Å². The first-order valence-electron chi connectivity index (χ1n) is 6.38. The summed E-state index contributed by atoms with van der Waals surface area (Å²) in [7, 11) is 0. The predicted octanol–water partition coefficient (Wildman–Crippen LogP) is 5.12. The molecule has 0 aromatic rings. The largest absolute Gasteiger partial charge is 0.0859 e. The molecule has 1 aliphatic rings. The molecule has 86 valence electrons. The molecule has 1 aliphatic carbocycles. The first-order valence-corrected chi connectivity index (χ1v) is 6.38. The zero-order chi connectivity index (χ0) is 11.3. The van der Waals surface area contributed by atoms with Gasteiger partial charge in [0.05, 0.1) is 0 Å². The van der Waals surface area contributed by atoms with Crippen molar-refractivity contribution in [2.75, 3.05) is 0 Å². The minimum atomic E-state index is 0.893. The van der Waals surface area contributed by atoms with Gasteiger partial charge < -0.3 is 0 Å². The molecule has 0 aliphatic heterocycles. The minimum Gasteiger partial charge on any atom is -0.0859 e. The Kier molecular flexibility index (Phi) is 5.14. The van der Waals surface area contributed by atoms with Crippen molar-refractivity contribution < 1.29 is 0 Å². The lowest BCUT2D eigenvalue weighted by Gasteiger charge is -2.26. The summed E-state index contributed by atoms with van der Waals surface area (Å²) in [5, 5.41) is 0. The van der Waals surface area contributed by atoms with Crippen LogP contribution in [0.25, 0.3) is 0 Å². The molecular formula is C15H26. The van der Waals surface area contributed by atoms with Gasteiger partial charge in [0.1, 0.15) is 0 Å². The van der Waals surface area contributed by atoms with Crippen LogP contribution >= 0.6 is 0 Å². The molecule has 0 N–H and O–H groups in total.